The quantitative estimate of drug-likeness (QED) is 0.425. The first-order valence-electron chi connectivity index (χ1n) is 8.79. The molecule has 0 saturated carbocycles. The van der Waals surface area contributed by atoms with Crippen LogP contribution in [0.25, 0.3) is 11.5 Å². The highest BCUT2D eigenvalue weighted by atomic mass is 32.2. The van der Waals surface area contributed by atoms with Gasteiger partial charge in [-0.3, -0.25) is 4.79 Å². The first-order valence-corrected chi connectivity index (χ1v) is 9.78. The average Bonchev–Trinajstić information content (AvgIpc) is 3.25. The Hall–Kier alpha value is -3.20. The van der Waals surface area contributed by atoms with Gasteiger partial charge in [0.2, 0.25) is 5.89 Å². The van der Waals surface area contributed by atoms with Crippen LogP contribution in [0, 0.1) is 0 Å². The van der Waals surface area contributed by atoms with E-state index in [-0.39, 0.29) is 11.5 Å². The Labute approximate surface area is 171 Å². The summed E-state index contributed by atoms with van der Waals surface area (Å²) in [5.41, 5.74) is 1.24. The summed E-state index contributed by atoms with van der Waals surface area (Å²) in [6.07, 6.45) is 0. The van der Waals surface area contributed by atoms with E-state index in [4.69, 9.17) is 23.4 Å². The van der Waals surface area contributed by atoms with Gasteiger partial charge in [-0.1, -0.05) is 11.8 Å². The molecule has 0 spiro atoms. The number of carbonyl (C=O) groups is 1. The van der Waals surface area contributed by atoms with Gasteiger partial charge in [-0.05, 0) is 36.4 Å². The molecule has 3 aromatic rings. The number of carbonyl (C=O) groups excluding carboxylic acids is 1. The van der Waals surface area contributed by atoms with E-state index in [1.807, 2.05) is 0 Å². The van der Waals surface area contributed by atoms with Crippen LogP contribution < -0.4 is 18.9 Å². The van der Waals surface area contributed by atoms with E-state index in [0.29, 0.717) is 58.5 Å². The summed E-state index contributed by atoms with van der Waals surface area (Å²) >= 11 is 1.18. The fourth-order valence-corrected chi connectivity index (χ4v) is 3.44. The number of benzene rings is 2. The summed E-state index contributed by atoms with van der Waals surface area (Å²) in [4.78, 5) is 12.5. The molecule has 0 radical (unpaired) electrons. The Balaban J connectivity index is 1.42. The molecule has 8 nitrogen and oxygen atoms in total. The van der Waals surface area contributed by atoms with Crippen molar-refractivity contribution in [2.75, 3.05) is 33.2 Å². The molecule has 29 heavy (non-hydrogen) atoms. The third-order valence-electron chi connectivity index (χ3n) is 4.23. The molecule has 0 unspecified atom stereocenters. The Bertz CT molecular complexity index is 1040. The fraction of sp³-hybridized carbons (Fsp3) is 0.250. The van der Waals surface area contributed by atoms with Gasteiger partial charge < -0.3 is 23.4 Å². The summed E-state index contributed by atoms with van der Waals surface area (Å²) < 4.78 is 27.2. The van der Waals surface area contributed by atoms with Gasteiger partial charge in [0.25, 0.3) is 5.22 Å². The number of aromatic nitrogens is 2. The van der Waals surface area contributed by atoms with Gasteiger partial charge >= 0.3 is 0 Å². The predicted octanol–water partition coefficient (Wildman–Crippen LogP) is 3.50. The lowest BCUT2D eigenvalue weighted by Crippen LogP contribution is -2.16. The molecule has 0 bridgehead atoms. The van der Waals surface area contributed by atoms with Gasteiger partial charge in [-0.2, -0.15) is 0 Å². The van der Waals surface area contributed by atoms with Crippen molar-refractivity contribution in [2.24, 2.45) is 0 Å². The van der Waals surface area contributed by atoms with E-state index in [1.165, 1.54) is 11.8 Å². The molecular formula is C20H18N2O6S. The topological polar surface area (TPSA) is 92.9 Å². The molecule has 1 aromatic heterocycles. The lowest BCUT2D eigenvalue weighted by molar-refractivity contribution is 0.102. The molecule has 2 heterocycles. The normalized spacial score (nSPS) is 12.5. The van der Waals surface area contributed by atoms with E-state index < -0.39 is 0 Å². The van der Waals surface area contributed by atoms with Crippen molar-refractivity contribution < 1.29 is 28.2 Å². The summed E-state index contributed by atoms with van der Waals surface area (Å²) in [5, 5.41) is 8.35. The van der Waals surface area contributed by atoms with Crippen molar-refractivity contribution in [3.63, 3.8) is 0 Å². The van der Waals surface area contributed by atoms with Crippen molar-refractivity contribution >= 4 is 17.5 Å². The number of ketones is 1. The van der Waals surface area contributed by atoms with Crippen LogP contribution in [0.2, 0.25) is 0 Å². The number of rotatable bonds is 7. The van der Waals surface area contributed by atoms with Crippen LogP contribution in [0.5, 0.6) is 23.0 Å². The van der Waals surface area contributed by atoms with E-state index in [2.05, 4.69) is 10.2 Å². The molecule has 0 saturated heterocycles. The number of hydrogen-bond acceptors (Lipinski definition) is 9. The molecule has 2 aromatic carbocycles. The predicted molar refractivity (Wildman–Crippen MR) is 105 cm³/mol. The van der Waals surface area contributed by atoms with Crippen LogP contribution in [0.3, 0.4) is 0 Å². The maximum absolute atomic E-state index is 12.5. The third-order valence-corrected chi connectivity index (χ3v) is 5.05. The van der Waals surface area contributed by atoms with Crippen molar-refractivity contribution in [3.8, 4) is 34.5 Å². The van der Waals surface area contributed by atoms with Crippen molar-refractivity contribution in [1.82, 2.24) is 10.2 Å². The zero-order valence-corrected chi connectivity index (χ0v) is 16.7. The van der Waals surface area contributed by atoms with Crippen molar-refractivity contribution in [3.05, 3.63) is 42.0 Å². The molecule has 0 aliphatic carbocycles. The molecule has 1 aliphatic heterocycles. The number of fused-ring (bicyclic) bond motifs is 1. The van der Waals surface area contributed by atoms with Crippen molar-refractivity contribution in [1.29, 1.82) is 0 Å². The second kappa shape index (κ2) is 8.44. The van der Waals surface area contributed by atoms with Crippen LogP contribution in [-0.2, 0) is 0 Å². The molecule has 0 atom stereocenters. The van der Waals surface area contributed by atoms with Gasteiger partial charge in [0.15, 0.2) is 28.8 Å². The van der Waals surface area contributed by atoms with Gasteiger partial charge in [0.1, 0.15) is 13.2 Å². The summed E-state index contributed by atoms with van der Waals surface area (Å²) in [5.74, 6) is 2.82. The van der Waals surface area contributed by atoms with Gasteiger partial charge in [0, 0.05) is 11.1 Å². The lowest BCUT2D eigenvalue weighted by Gasteiger charge is -2.18. The Morgan fingerprint density at radius 2 is 1.79 bits per heavy atom. The zero-order chi connectivity index (χ0) is 20.2. The lowest BCUT2D eigenvalue weighted by atomic mass is 10.1. The Kier molecular flexibility index (Phi) is 5.57. The number of methoxy groups -OCH3 is 2. The molecule has 0 fully saturated rings. The summed E-state index contributed by atoms with van der Waals surface area (Å²) in [6, 6.07) is 10.5. The van der Waals surface area contributed by atoms with Crippen LogP contribution in [0.1, 0.15) is 10.4 Å². The average molecular weight is 414 g/mol. The highest BCUT2D eigenvalue weighted by Crippen LogP contribution is 2.33. The number of ether oxygens (including phenoxy) is 4. The van der Waals surface area contributed by atoms with Crippen molar-refractivity contribution in [2.45, 2.75) is 5.22 Å². The molecule has 0 N–H and O–H groups in total. The molecule has 150 valence electrons. The van der Waals surface area contributed by atoms with Crippen LogP contribution in [0.15, 0.2) is 46.0 Å². The molecular weight excluding hydrogens is 396 g/mol. The Morgan fingerprint density at radius 1 is 1.00 bits per heavy atom. The minimum Gasteiger partial charge on any atom is -0.493 e. The maximum Gasteiger partial charge on any atom is 0.277 e. The molecule has 0 amide bonds. The zero-order valence-electron chi connectivity index (χ0n) is 15.8. The smallest absolute Gasteiger partial charge is 0.277 e. The minimum absolute atomic E-state index is 0.0714. The molecule has 4 rings (SSSR count). The van der Waals surface area contributed by atoms with E-state index in [0.717, 1.165) is 0 Å². The highest BCUT2D eigenvalue weighted by molar-refractivity contribution is 7.99. The monoisotopic (exact) mass is 414 g/mol. The van der Waals surface area contributed by atoms with Gasteiger partial charge in [-0.15, -0.1) is 10.2 Å². The van der Waals surface area contributed by atoms with Crippen LogP contribution in [-0.4, -0.2) is 49.2 Å². The largest absolute Gasteiger partial charge is 0.493 e. The Morgan fingerprint density at radius 3 is 2.59 bits per heavy atom. The third kappa shape index (κ3) is 4.14. The summed E-state index contributed by atoms with van der Waals surface area (Å²) in [7, 11) is 3.12. The van der Waals surface area contributed by atoms with Crippen LogP contribution in [0.4, 0.5) is 0 Å². The van der Waals surface area contributed by atoms with E-state index >= 15 is 0 Å². The first kappa shape index (κ1) is 19.1. The summed E-state index contributed by atoms with van der Waals surface area (Å²) in [6.45, 7) is 0.982. The van der Waals surface area contributed by atoms with E-state index in [9.17, 15) is 4.79 Å². The molecule has 1 aliphatic rings. The highest BCUT2D eigenvalue weighted by Gasteiger charge is 2.17. The number of nitrogens with zero attached hydrogens (tertiary/aromatic N) is 2. The number of thioether (sulfide) groups is 1. The van der Waals surface area contributed by atoms with E-state index in [1.54, 1.807) is 50.6 Å². The SMILES string of the molecule is COc1ccc(-c2nnc(SCC(=O)c3ccc4c(c3)OCCO4)o2)cc1OC. The maximum atomic E-state index is 12.5. The standard InChI is InChI=1S/C20H18N2O6S/c1-24-15-5-4-13(10-17(15)25-2)19-21-22-20(28-19)29-11-14(23)12-3-6-16-18(9-12)27-8-7-26-16/h3-6,9-10H,7-8,11H2,1-2H3. The second-order valence-corrected chi connectivity index (χ2v) is 6.94. The number of hydrogen-bond donors (Lipinski definition) is 0. The van der Waals surface area contributed by atoms with Crippen LogP contribution >= 0.6 is 11.8 Å². The first-order chi connectivity index (χ1) is 14.2. The number of Topliss-reactive ketones (excluding diaryl/α,β-unsaturated/α-hetero) is 1. The second-order valence-electron chi connectivity index (χ2n) is 6.01. The molecule has 9 heteroatoms. The van der Waals surface area contributed by atoms with Gasteiger partial charge in [0.05, 0.1) is 20.0 Å². The minimum atomic E-state index is -0.0714. The van der Waals surface area contributed by atoms with Gasteiger partial charge in [-0.25, -0.2) is 0 Å². The fourth-order valence-electron chi connectivity index (χ4n) is 2.78.